The number of anilines is 1. The van der Waals surface area contributed by atoms with Gasteiger partial charge in [-0.25, -0.2) is 4.98 Å². The number of hydrogen-bond acceptors (Lipinski definition) is 5. The first-order valence-electron chi connectivity index (χ1n) is 7.81. The van der Waals surface area contributed by atoms with Crippen LogP contribution in [-0.4, -0.2) is 24.1 Å². The number of hydrogen-bond donors (Lipinski definition) is 1. The van der Waals surface area contributed by atoms with Crippen LogP contribution in [-0.2, 0) is 0 Å². The summed E-state index contributed by atoms with van der Waals surface area (Å²) in [5, 5.41) is 5.13. The molecule has 0 unspecified atom stereocenters. The minimum Gasteiger partial charge on any atom is -0.490 e. The molecule has 2 aromatic rings. The van der Waals surface area contributed by atoms with Crippen molar-refractivity contribution in [2.45, 2.75) is 27.2 Å². The molecule has 5 nitrogen and oxygen atoms in total. The summed E-state index contributed by atoms with van der Waals surface area (Å²) in [4.78, 5) is 16.4. The van der Waals surface area contributed by atoms with Gasteiger partial charge >= 0.3 is 0 Å². The summed E-state index contributed by atoms with van der Waals surface area (Å²) in [5.41, 5.74) is 0.483. The quantitative estimate of drug-likeness (QED) is 0.663. The Kier molecular flexibility index (Phi) is 7.05. The number of benzene rings is 1. The minimum absolute atomic E-state index is 0.236. The Balaban J connectivity index is 2.19. The van der Waals surface area contributed by atoms with Gasteiger partial charge in [0.15, 0.2) is 16.6 Å². The lowest BCUT2D eigenvalue weighted by Gasteiger charge is -2.16. The van der Waals surface area contributed by atoms with Gasteiger partial charge in [-0.1, -0.05) is 13.8 Å². The lowest BCUT2D eigenvalue weighted by Crippen LogP contribution is -2.12. The molecule has 0 radical (unpaired) electrons. The molecule has 0 aliphatic carbocycles. The van der Waals surface area contributed by atoms with Gasteiger partial charge < -0.3 is 9.47 Å². The number of halogens is 1. The van der Waals surface area contributed by atoms with Crippen molar-refractivity contribution >= 4 is 38.3 Å². The maximum Gasteiger partial charge on any atom is 0.257 e. The fourth-order valence-electron chi connectivity index (χ4n) is 1.95. The van der Waals surface area contributed by atoms with Gasteiger partial charge in [-0.15, -0.1) is 11.3 Å². The van der Waals surface area contributed by atoms with E-state index >= 15 is 0 Å². The first-order valence-corrected chi connectivity index (χ1v) is 9.48. The second kappa shape index (κ2) is 9.03. The average Bonchev–Trinajstić information content (AvgIpc) is 3.02. The van der Waals surface area contributed by atoms with Crippen LogP contribution in [0.15, 0.2) is 28.2 Å². The van der Waals surface area contributed by atoms with E-state index in [1.807, 2.05) is 12.3 Å². The lowest BCUT2D eigenvalue weighted by molar-refractivity contribution is 0.102. The Bertz CT molecular complexity index is 675. The van der Waals surface area contributed by atoms with Crippen molar-refractivity contribution in [1.82, 2.24) is 4.98 Å². The SMILES string of the molecule is CCOc1cc(C(=O)Nc2nccs2)cc(Br)c1OCCC(C)C. The number of carbonyl (C=O) groups is 1. The zero-order chi connectivity index (χ0) is 17.5. The van der Waals surface area contributed by atoms with Gasteiger partial charge in [0, 0.05) is 17.1 Å². The van der Waals surface area contributed by atoms with Crippen LogP contribution < -0.4 is 14.8 Å². The molecule has 1 aromatic carbocycles. The molecular weight excluding hydrogens is 392 g/mol. The van der Waals surface area contributed by atoms with Crippen molar-refractivity contribution in [3.05, 3.63) is 33.7 Å². The molecule has 0 aliphatic heterocycles. The van der Waals surface area contributed by atoms with Crippen LogP contribution in [0, 0.1) is 5.92 Å². The van der Waals surface area contributed by atoms with Crippen molar-refractivity contribution in [3.63, 3.8) is 0 Å². The normalized spacial score (nSPS) is 10.7. The summed E-state index contributed by atoms with van der Waals surface area (Å²) in [5.74, 6) is 1.51. The number of amides is 1. The van der Waals surface area contributed by atoms with Gasteiger partial charge in [-0.3, -0.25) is 10.1 Å². The average molecular weight is 413 g/mol. The topological polar surface area (TPSA) is 60.5 Å². The van der Waals surface area contributed by atoms with Crippen molar-refractivity contribution < 1.29 is 14.3 Å². The predicted molar refractivity (Wildman–Crippen MR) is 100 cm³/mol. The Hall–Kier alpha value is -1.60. The number of rotatable bonds is 8. The second-order valence-corrected chi connectivity index (χ2v) is 7.29. The molecule has 7 heteroatoms. The third-order valence-corrected chi connectivity index (χ3v) is 4.44. The van der Waals surface area contributed by atoms with Crippen molar-refractivity contribution in [2.24, 2.45) is 5.92 Å². The number of nitrogens with one attached hydrogen (secondary N) is 1. The van der Waals surface area contributed by atoms with E-state index < -0.39 is 0 Å². The predicted octanol–water partition coefficient (Wildman–Crippen LogP) is 4.98. The third-order valence-electron chi connectivity index (χ3n) is 3.17. The van der Waals surface area contributed by atoms with Crippen LogP contribution in [0.1, 0.15) is 37.6 Å². The summed E-state index contributed by atoms with van der Waals surface area (Å²) >= 11 is 4.85. The van der Waals surface area contributed by atoms with E-state index in [1.54, 1.807) is 18.3 Å². The van der Waals surface area contributed by atoms with Crippen LogP contribution in [0.3, 0.4) is 0 Å². The number of carbonyl (C=O) groups excluding carboxylic acids is 1. The Morgan fingerprint density at radius 2 is 2.17 bits per heavy atom. The summed E-state index contributed by atoms with van der Waals surface area (Å²) in [7, 11) is 0. The molecule has 0 spiro atoms. The Morgan fingerprint density at radius 1 is 1.38 bits per heavy atom. The molecule has 1 heterocycles. The van der Waals surface area contributed by atoms with Gasteiger partial charge in [0.05, 0.1) is 17.7 Å². The highest BCUT2D eigenvalue weighted by Gasteiger charge is 2.17. The van der Waals surface area contributed by atoms with E-state index in [0.29, 0.717) is 45.8 Å². The molecule has 130 valence electrons. The molecule has 1 amide bonds. The van der Waals surface area contributed by atoms with E-state index in [1.165, 1.54) is 11.3 Å². The highest BCUT2D eigenvalue weighted by Crippen LogP contribution is 2.37. The van der Waals surface area contributed by atoms with Gasteiger partial charge in [0.2, 0.25) is 0 Å². The number of aromatic nitrogens is 1. The highest BCUT2D eigenvalue weighted by molar-refractivity contribution is 9.10. The molecule has 0 atom stereocenters. The molecular formula is C17H21BrN2O3S. The molecule has 0 saturated heterocycles. The van der Waals surface area contributed by atoms with Crippen LogP contribution in [0.4, 0.5) is 5.13 Å². The molecule has 0 saturated carbocycles. The molecule has 1 N–H and O–H groups in total. The fraction of sp³-hybridized carbons (Fsp3) is 0.412. The molecule has 0 aliphatic rings. The number of nitrogens with zero attached hydrogens (tertiary/aromatic N) is 1. The Morgan fingerprint density at radius 3 is 2.79 bits per heavy atom. The number of ether oxygens (including phenoxy) is 2. The van der Waals surface area contributed by atoms with Gasteiger partial charge in [-0.05, 0) is 47.3 Å². The molecule has 0 bridgehead atoms. The fourth-order valence-corrected chi connectivity index (χ4v) is 3.03. The van der Waals surface area contributed by atoms with Crippen molar-refractivity contribution in [2.75, 3.05) is 18.5 Å². The minimum atomic E-state index is -0.236. The van der Waals surface area contributed by atoms with E-state index in [2.05, 4.69) is 40.1 Å². The largest absolute Gasteiger partial charge is 0.490 e. The van der Waals surface area contributed by atoms with Crippen LogP contribution in [0.2, 0.25) is 0 Å². The van der Waals surface area contributed by atoms with E-state index in [9.17, 15) is 4.79 Å². The zero-order valence-corrected chi connectivity index (χ0v) is 16.4. The summed E-state index contributed by atoms with van der Waals surface area (Å²) in [6.45, 7) is 7.28. The third kappa shape index (κ3) is 5.21. The molecule has 0 fully saturated rings. The summed E-state index contributed by atoms with van der Waals surface area (Å²) < 4.78 is 12.2. The first kappa shape index (κ1) is 18.7. The monoisotopic (exact) mass is 412 g/mol. The maximum absolute atomic E-state index is 12.4. The molecule has 24 heavy (non-hydrogen) atoms. The van der Waals surface area contributed by atoms with Gasteiger partial charge in [0.25, 0.3) is 5.91 Å². The van der Waals surface area contributed by atoms with Crippen LogP contribution >= 0.6 is 27.3 Å². The molecule has 1 aromatic heterocycles. The zero-order valence-electron chi connectivity index (χ0n) is 14.0. The smallest absolute Gasteiger partial charge is 0.257 e. The summed E-state index contributed by atoms with van der Waals surface area (Å²) in [6.07, 6.45) is 2.60. The number of thiazole rings is 1. The highest BCUT2D eigenvalue weighted by atomic mass is 79.9. The van der Waals surface area contributed by atoms with E-state index in [4.69, 9.17) is 9.47 Å². The Labute approximate surface area is 154 Å². The van der Waals surface area contributed by atoms with Crippen LogP contribution in [0.5, 0.6) is 11.5 Å². The standard InChI is InChI=1S/C17H21BrN2O3S/c1-4-22-14-10-12(16(21)20-17-19-6-8-24-17)9-13(18)15(14)23-7-5-11(2)3/h6,8-11H,4-5,7H2,1-3H3,(H,19,20,21). The van der Waals surface area contributed by atoms with Crippen LogP contribution in [0.25, 0.3) is 0 Å². The summed E-state index contributed by atoms with van der Waals surface area (Å²) in [6, 6.07) is 3.43. The molecule has 2 rings (SSSR count). The van der Waals surface area contributed by atoms with E-state index in [-0.39, 0.29) is 5.91 Å². The van der Waals surface area contributed by atoms with Gasteiger partial charge in [-0.2, -0.15) is 0 Å². The second-order valence-electron chi connectivity index (χ2n) is 5.54. The van der Waals surface area contributed by atoms with Gasteiger partial charge in [0.1, 0.15) is 0 Å². The first-order chi connectivity index (χ1) is 11.5. The van der Waals surface area contributed by atoms with Crippen molar-refractivity contribution in [3.8, 4) is 11.5 Å². The maximum atomic E-state index is 12.4. The van der Waals surface area contributed by atoms with E-state index in [0.717, 1.165) is 6.42 Å². The van der Waals surface area contributed by atoms with Crippen molar-refractivity contribution in [1.29, 1.82) is 0 Å². The lowest BCUT2D eigenvalue weighted by atomic mass is 10.1.